The van der Waals surface area contributed by atoms with Gasteiger partial charge in [0.25, 0.3) is 0 Å². The number of hydrogen-bond acceptors (Lipinski definition) is 5. The number of nitrogens with one attached hydrogen (secondary N) is 1. The summed E-state index contributed by atoms with van der Waals surface area (Å²) in [6.45, 7) is 5.11. The summed E-state index contributed by atoms with van der Waals surface area (Å²) < 4.78 is 0. The smallest absolute Gasteiger partial charge is 0.226 e. The maximum Gasteiger partial charge on any atom is 0.226 e. The third-order valence-electron chi connectivity index (χ3n) is 5.50. The fraction of sp³-hybridized carbons (Fsp3) is 0.476. The molecule has 2 aliphatic heterocycles. The van der Waals surface area contributed by atoms with Crippen LogP contribution in [0.5, 0.6) is 0 Å². The Balaban J connectivity index is 1.82. The first-order valence-corrected chi connectivity index (χ1v) is 9.64. The van der Waals surface area contributed by atoms with Crippen LogP contribution in [0.15, 0.2) is 24.3 Å². The first-order valence-electron chi connectivity index (χ1n) is 9.64. The van der Waals surface area contributed by atoms with Crippen molar-refractivity contribution in [1.29, 1.82) is 5.26 Å². The Labute approximate surface area is 155 Å². The molecule has 1 N–H and O–H groups in total. The predicted molar refractivity (Wildman–Crippen MR) is 103 cm³/mol. The van der Waals surface area contributed by atoms with Crippen LogP contribution in [0.4, 0.5) is 5.95 Å². The van der Waals surface area contributed by atoms with Crippen molar-refractivity contribution < 1.29 is 0 Å². The highest BCUT2D eigenvalue weighted by molar-refractivity contribution is 5.66. The molecule has 1 aromatic heterocycles. The van der Waals surface area contributed by atoms with E-state index in [2.05, 4.69) is 23.2 Å². The van der Waals surface area contributed by atoms with Crippen molar-refractivity contribution in [3.8, 4) is 17.3 Å². The van der Waals surface area contributed by atoms with Gasteiger partial charge in [0, 0.05) is 30.3 Å². The molecule has 1 atom stereocenters. The maximum atomic E-state index is 9.08. The highest BCUT2D eigenvalue weighted by atomic mass is 15.3. The van der Waals surface area contributed by atoms with Gasteiger partial charge in [-0.2, -0.15) is 5.26 Å². The Morgan fingerprint density at radius 3 is 2.77 bits per heavy atom. The number of piperidine rings is 1. The molecule has 0 radical (unpaired) electrons. The van der Waals surface area contributed by atoms with Gasteiger partial charge in [0.15, 0.2) is 0 Å². The highest BCUT2D eigenvalue weighted by Gasteiger charge is 2.24. The fourth-order valence-electron chi connectivity index (χ4n) is 3.99. The van der Waals surface area contributed by atoms with E-state index in [1.807, 2.05) is 24.3 Å². The second-order valence-electron chi connectivity index (χ2n) is 7.31. The molecule has 1 saturated heterocycles. The molecule has 5 nitrogen and oxygen atoms in total. The van der Waals surface area contributed by atoms with Crippen molar-refractivity contribution in [3.05, 3.63) is 41.1 Å². The Morgan fingerprint density at radius 2 is 2.00 bits per heavy atom. The van der Waals surface area contributed by atoms with Gasteiger partial charge < -0.3 is 10.2 Å². The number of nitriles is 1. The van der Waals surface area contributed by atoms with Crippen molar-refractivity contribution in [2.24, 2.45) is 0 Å². The van der Waals surface area contributed by atoms with Gasteiger partial charge in [-0.25, -0.2) is 9.97 Å². The normalized spacial score (nSPS) is 20.2. The second kappa shape index (κ2) is 7.43. The minimum Gasteiger partial charge on any atom is -0.338 e. The van der Waals surface area contributed by atoms with Crippen molar-refractivity contribution in [3.63, 3.8) is 0 Å². The summed E-state index contributed by atoms with van der Waals surface area (Å²) in [5, 5.41) is 12.6. The monoisotopic (exact) mass is 347 g/mol. The van der Waals surface area contributed by atoms with Crippen LogP contribution in [-0.4, -0.2) is 29.1 Å². The van der Waals surface area contributed by atoms with E-state index in [1.54, 1.807) is 0 Å². The summed E-state index contributed by atoms with van der Waals surface area (Å²) in [4.78, 5) is 12.4. The zero-order valence-corrected chi connectivity index (χ0v) is 15.3. The summed E-state index contributed by atoms with van der Waals surface area (Å²) >= 11 is 0. The molecule has 1 fully saturated rings. The average molecular weight is 347 g/mol. The van der Waals surface area contributed by atoms with Gasteiger partial charge in [0.05, 0.1) is 23.0 Å². The van der Waals surface area contributed by atoms with Gasteiger partial charge in [0.2, 0.25) is 5.95 Å². The van der Waals surface area contributed by atoms with Crippen molar-refractivity contribution >= 4 is 5.95 Å². The number of nitrogens with zero attached hydrogens (tertiary/aromatic N) is 4. The lowest BCUT2D eigenvalue weighted by molar-refractivity contribution is 0.476. The Hall–Kier alpha value is -2.45. The van der Waals surface area contributed by atoms with E-state index >= 15 is 0 Å². The van der Waals surface area contributed by atoms with Crippen molar-refractivity contribution in [2.45, 2.75) is 51.6 Å². The lowest BCUT2D eigenvalue weighted by Gasteiger charge is -2.34. The van der Waals surface area contributed by atoms with E-state index in [0.29, 0.717) is 11.6 Å². The number of benzene rings is 1. The summed E-state index contributed by atoms with van der Waals surface area (Å²) in [5.74, 6) is 0.860. The Bertz CT molecular complexity index is 822. The molecule has 1 aromatic carbocycles. The third kappa shape index (κ3) is 3.30. The quantitative estimate of drug-likeness (QED) is 0.902. The van der Waals surface area contributed by atoms with Crippen LogP contribution in [0.3, 0.4) is 0 Å². The van der Waals surface area contributed by atoms with E-state index in [0.717, 1.165) is 55.4 Å². The topological polar surface area (TPSA) is 64.8 Å². The largest absolute Gasteiger partial charge is 0.338 e. The second-order valence-corrected chi connectivity index (χ2v) is 7.31. The molecule has 2 aliphatic rings. The fourth-order valence-corrected chi connectivity index (χ4v) is 3.99. The molecule has 1 unspecified atom stereocenters. The van der Waals surface area contributed by atoms with Crippen molar-refractivity contribution in [2.75, 3.05) is 18.0 Å². The number of aromatic nitrogens is 2. The molecule has 0 aliphatic carbocycles. The van der Waals surface area contributed by atoms with Crippen LogP contribution in [0.25, 0.3) is 11.3 Å². The SMILES string of the molecule is CC1CCCCN1c1nc2c(c(-c3ccc(C#N)cc3)n1)CCCNC2. The number of hydrogen-bond donors (Lipinski definition) is 1. The minimum absolute atomic E-state index is 0.481. The third-order valence-corrected chi connectivity index (χ3v) is 5.50. The van der Waals surface area contributed by atoms with Crippen molar-refractivity contribution in [1.82, 2.24) is 15.3 Å². The molecular weight excluding hydrogens is 322 g/mol. The zero-order valence-electron chi connectivity index (χ0n) is 15.3. The standard InChI is InChI=1S/C21H25N5/c1-15-5-2-3-12-26(15)21-24-19-14-23-11-4-6-18(19)20(25-21)17-9-7-16(13-22)8-10-17/h7-10,15,23H,2-6,11-12,14H2,1H3. The summed E-state index contributed by atoms with van der Waals surface area (Å²) in [6.07, 6.45) is 5.78. The van der Waals surface area contributed by atoms with E-state index in [4.69, 9.17) is 15.2 Å². The Morgan fingerprint density at radius 1 is 1.15 bits per heavy atom. The van der Waals surface area contributed by atoms with Gasteiger partial charge in [-0.15, -0.1) is 0 Å². The van der Waals surface area contributed by atoms with E-state index < -0.39 is 0 Å². The molecule has 0 amide bonds. The molecule has 0 bridgehead atoms. The molecular formula is C21H25N5. The molecule has 134 valence electrons. The summed E-state index contributed by atoms with van der Waals surface area (Å²) in [5.41, 5.74) is 5.18. The first kappa shape index (κ1) is 17.0. The van der Waals surface area contributed by atoms with Crippen LogP contribution in [0.1, 0.15) is 49.4 Å². The first-order chi connectivity index (χ1) is 12.8. The van der Waals surface area contributed by atoms with Gasteiger partial charge in [-0.3, -0.25) is 0 Å². The van der Waals surface area contributed by atoms with Crippen LogP contribution < -0.4 is 10.2 Å². The molecule has 0 saturated carbocycles. The summed E-state index contributed by atoms with van der Waals surface area (Å²) in [7, 11) is 0. The number of rotatable bonds is 2. The van der Waals surface area contributed by atoms with Crippen LogP contribution in [0.2, 0.25) is 0 Å². The average Bonchev–Trinajstić information content (AvgIpc) is 2.93. The molecule has 2 aromatic rings. The predicted octanol–water partition coefficient (Wildman–Crippen LogP) is 3.43. The van der Waals surface area contributed by atoms with E-state index in [-0.39, 0.29) is 0 Å². The van der Waals surface area contributed by atoms with E-state index in [1.165, 1.54) is 24.8 Å². The van der Waals surface area contributed by atoms with Crippen LogP contribution in [-0.2, 0) is 13.0 Å². The molecule has 5 heteroatoms. The van der Waals surface area contributed by atoms with Gasteiger partial charge in [0.1, 0.15) is 0 Å². The highest BCUT2D eigenvalue weighted by Crippen LogP contribution is 2.30. The number of fused-ring (bicyclic) bond motifs is 1. The van der Waals surface area contributed by atoms with Crippen LogP contribution >= 0.6 is 0 Å². The van der Waals surface area contributed by atoms with E-state index in [9.17, 15) is 0 Å². The lowest BCUT2D eigenvalue weighted by atomic mass is 10.00. The molecule has 4 rings (SSSR count). The minimum atomic E-state index is 0.481. The summed E-state index contributed by atoms with van der Waals surface area (Å²) in [6, 6.07) is 10.5. The molecule has 0 spiro atoms. The van der Waals surface area contributed by atoms with Gasteiger partial charge in [-0.1, -0.05) is 12.1 Å². The maximum absolute atomic E-state index is 9.08. The van der Waals surface area contributed by atoms with Gasteiger partial charge >= 0.3 is 0 Å². The Kier molecular flexibility index (Phi) is 4.85. The van der Waals surface area contributed by atoms with Crippen LogP contribution in [0, 0.1) is 11.3 Å². The van der Waals surface area contributed by atoms with Gasteiger partial charge in [-0.05, 0) is 57.7 Å². The molecule has 26 heavy (non-hydrogen) atoms. The molecule has 3 heterocycles. The lowest BCUT2D eigenvalue weighted by Crippen LogP contribution is -2.39. The zero-order chi connectivity index (χ0) is 17.9. The number of anilines is 1.